The lowest BCUT2D eigenvalue weighted by Crippen LogP contribution is -2.42. The third kappa shape index (κ3) is 1.80. The van der Waals surface area contributed by atoms with Crippen LogP contribution in [0.5, 0.6) is 0 Å². The topological polar surface area (TPSA) is 54.7 Å². The Hall–Kier alpha value is -1.49. The van der Waals surface area contributed by atoms with Crippen molar-refractivity contribution in [2.45, 2.75) is 39.3 Å². The van der Waals surface area contributed by atoms with Gasteiger partial charge in [-0.25, -0.2) is 9.55 Å². The summed E-state index contributed by atoms with van der Waals surface area (Å²) in [5, 5.41) is 0. The summed E-state index contributed by atoms with van der Waals surface area (Å²) in [7, 11) is 0. The van der Waals surface area contributed by atoms with Gasteiger partial charge in [-0.1, -0.05) is 4.98 Å². The van der Waals surface area contributed by atoms with Crippen molar-refractivity contribution in [2.24, 2.45) is 0 Å². The molecule has 5 nitrogen and oxygen atoms in total. The van der Waals surface area contributed by atoms with E-state index >= 15 is 0 Å². The third-order valence-electron chi connectivity index (χ3n) is 3.24. The van der Waals surface area contributed by atoms with E-state index < -0.39 is 0 Å². The Morgan fingerprint density at radius 1 is 1.35 bits per heavy atom. The molecule has 0 saturated carbocycles. The maximum absolute atomic E-state index is 5.79. The molecule has 1 saturated heterocycles. The molecule has 2 aromatic heterocycles. The summed E-state index contributed by atoms with van der Waals surface area (Å²) >= 11 is 0. The molecule has 0 aromatic carbocycles. The Kier molecular flexibility index (Phi) is 2.55. The zero-order chi connectivity index (χ0) is 11.8. The largest absolute Gasteiger partial charge is 0.345 e. The van der Waals surface area contributed by atoms with E-state index in [1.165, 1.54) is 6.42 Å². The first-order valence-electron chi connectivity index (χ1n) is 6.11. The number of nitrogens with zero attached hydrogens (tertiary/aromatic N) is 3. The number of aromatic nitrogens is 4. The van der Waals surface area contributed by atoms with Crippen LogP contribution >= 0.6 is 0 Å². The minimum Gasteiger partial charge on any atom is -0.345 e. The molecule has 3 heterocycles. The molecule has 0 bridgehead atoms. The average Bonchev–Trinajstić information content (AvgIpc) is 2.74. The van der Waals surface area contributed by atoms with Crippen molar-refractivity contribution < 1.29 is 9.30 Å². The Morgan fingerprint density at radius 3 is 3.00 bits per heavy atom. The number of aromatic amines is 1. The molecule has 1 fully saturated rings. The fourth-order valence-electron chi connectivity index (χ4n) is 2.41. The number of nitrogens with one attached hydrogen (secondary N) is 1. The van der Waals surface area contributed by atoms with Crippen molar-refractivity contribution in [1.82, 2.24) is 15.0 Å². The van der Waals surface area contributed by atoms with Gasteiger partial charge in [0.25, 0.3) is 0 Å². The maximum Gasteiger partial charge on any atom is 0.307 e. The molecule has 0 amide bonds. The van der Waals surface area contributed by atoms with Crippen molar-refractivity contribution in [2.75, 3.05) is 6.61 Å². The van der Waals surface area contributed by atoms with Crippen molar-refractivity contribution in [1.29, 1.82) is 0 Å². The summed E-state index contributed by atoms with van der Waals surface area (Å²) in [6, 6.07) is 0. The normalized spacial score (nSPS) is 20.9. The Morgan fingerprint density at radius 2 is 2.24 bits per heavy atom. The number of H-pyrrole nitrogens is 1. The molecule has 2 aromatic rings. The van der Waals surface area contributed by atoms with Crippen LogP contribution in [0.2, 0.25) is 0 Å². The van der Waals surface area contributed by atoms with Gasteiger partial charge in [-0.2, -0.15) is 0 Å². The zero-order valence-electron chi connectivity index (χ0n) is 10.2. The van der Waals surface area contributed by atoms with Gasteiger partial charge in [0.1, 0.15) is 0 Å². The first kappa shape index (κ1) is 10.7. The summed E-state index contributed by atoms with van der Waals surface area (Å²) in [6.45, 7) is 4.76. The van der Waals surface area contributed by atoms with Gasteiger partial charge in [-0.05, 0) is 19.8 Å². The number of imidazole rings is 1. The van der Waals surface area contributed by atoms with Crippen molar-refractivity contribution >= 4 is 11.2 Å². The van der Waals surface area contributed by atoms with Gasteiger partial charge in [0.15, 0.2) is 18.1 Å². The lowest BCUT2D eigenvalue weighted by Gasteiger charge is -2.20. The van der Waals surface area contributed by atoms with Crippen LogP contribution in [-0.4, -0.2) is 21.6 Å². The van der Waals surface area contributed by atoms with Gasteiger partial charge < -0.3 is 4.74 Å². The van der Waals surface area contributed by atoms with Crippen LogP contribution in [0.25, 0.3) is 11.2 Å². The molecule has 0 spiro atoms. The summed E-state index contributed by atoms with van der Waals surface area (Å²) in [5.41, 5.74) is 2.94. The van der Waals surface area contributed by atoms with Crippen LogP contribution in [0.15, 0.2) is 6.33 Å². The molecule has 1 aliphatic heterocycles. The minimum absolute atomic E-state index is 0.117. The molecule has 90 valence electrons. The Labute approximate surface area is 99.9 Å². The van der Waals surface area contributed by atoms with Crippen LogP contribution in [0.3, 0.4) is 0 Å². The Bertz CT molecular complexity index is 543. The highest BCUT2D eigenvalue weighted by Crippen LogP contribution is 2.19. The van der Waals surface area contributed by atoms with E-state index in [-0.39, 0.29) is 6.23 Å². The first-order chi connectivity index (χ1) is 8.25. The van der Waals surface area contributed by atoms with E-state index in [9.17, 15) is 0 Å². The average molecular weight is 233 g/mol. The standard InChI is InChI=1S/C12H16N4O/c1-8-11-12(15-9(2)14-8)16(7-13-11)10-5-3-4-6-17-10/h7,10H,3-6H2,1-2H3/p+1. The number of fused-ring (bicyclic) bond motifs is 1. The zero-order valence-corrected chi connectivity index (χ0v) is 10.2. The summed E-state index contributed by atoms with van der Waals surface area (Å²) < 4.78 is 7.89. The molecular formula is C12H17N4O+. The quantitative estimate of drug-likeness (QED) is 0.760. The number of aryl methyl sites for hydroxylation is 2. The smallest absolute Gasteiger partial charge is 0.307 e. The van der Waals surface area contributed by atoms with Crippen LogP contribution < -0.4 is 4.57 Å². The second kappa shape index (κ2) is 4.07. The van der Waals surface area contributed by atoms with Gasteiger partial charge in [0.05, 0.1) is 12.3 Å². The molecular weight excluding hydrogens is 216 g/mol. The molecule has 1 atom stereocenters. The second-order valence-electron chi connectivity index (χ2n) is 4.56. The molecule has 1 aliphatic rings. The highest BCUT2D eigenvalue weighted by Gasteiger charge is 2.24. The number of hydrogen-bond donors (Lipinski definition) is 1. The SMILES string of the molecule is Cc1nc(C)c2[nH]c[n+](C3CCCCO3)c2n1. The highest BCUT2D eigenvalue weighted by atomic mass is 16.5. The van der Waals surface area contributed by atoms with Crippen molar-refractivity contribution in [3.05, 3.63) is 17.8 Å². The van der Waals surface area contributed by atoms with E-state index in [4.69, 9.17) is 4.74 Å². The van der Waals surface area contributed by atoms with E-state index in [1.54, 1.807) is 0 Å². The number of hydrogen-bond acceptors (Lipinski definition) is 3. The monoisotopic (exact) mass is 233 g/mol. The van der Waals surface area contributed by atoms with Crippen molar-refractivity contribution in [3.8, 4) is 0 Å². The van der Waals surface area contributed by atoms with E-state index in [0.717, 1.165) is 42.1 Å². The molecule has 0 radical (unpaired) electrons. The van der Waals surface area contributed by atoms with E-state index in [1.807, 2.05) is 20.2 Å². The fourth-order valence-corrected chi connectivity index (χ4v) is 2.41. The molecule has 1 unspecified atom stereocenters. The Balaban J connectivity index is 2.10. The van der Waals surface area contributed by atoms with Crippen LogP contribution in [0.4, 0.5) is 0 Å². The lowest BCUT2D eigenvalue weighted by atomic mass is 10.2. The third-order valence-corrected chi connectivity index (χ3v) is 3.24. The van der Waals surface area contributed by atoms with Gasteiger partial charge in [0, 0.05) is 13.3 Å². The molecule has 0 aliphatic carbocycles. The van der Waals surface area contributed by atoms with Crippen LogP contribution in [0.1, 0.15) is 37.0 Å². The van der Waals surface area contributed by atoms with Gasteiger partial charge in [-0.15, -0.1) is 0 Å². The first-order valence-corrected chi connectivity index (χ1v) is 6.11. The summed E-state index contributed by atoms with van der Waals surface area (Å²) in [5.74, 6) is 0.805. The molecule has 5 heteroatoms. The van der Waals surface area contributed by atoms with Gasteiger partial charge in [0.2, 0.25) is 5.82 Å². The predicted octanol–water partition coefficient (Wildman–Crippen LogP) is 1.56. The number of rotatable bonds is 1. The van der Waals surface area contributed by atoms with Gasteiger partial charge in [-0.3, -0.25) is 4.98 Å². The van der Waals surface area contributed by atoms with Crippen LogP contribution in [-0.2, 0) is 4.74 Å². The maximum atomic E-state index is 5.79. The second-order valence-corrected chi connectivity index (χ2v) is 4.56. The lowest BCUT2D eigenvalue weighted by molar-refractivity contribution is -0.744. The number of ether oxygens (including phenoxy) is 1. The summed E-state index contributed by atoms with van der Waals surface area (Å²) in [6.07, 6.45) is 5.49. The summed E-state index contributed by atoms with van der Waals surface area (Å²) in [4.78, 5) is 12.1. The molecule has 17 heavy (non-hydrogen) atoms. The van der Waals surface area contributed by atoms with E-state index in [2.05, 4.69) is 19.5 Å². The highest BCUT2D eigenvalue weighted by molar-refractivity contribution is 5.68. The predicted molar refractivity (Wildman–Crippen MR) is 62.4 cm³/mol. The van der Waals surface area contributed by atoms with E-state index in [0.29, 0.717) is 0 Å². The van der Waals surface area contributed by atoms with Crippen molar-refractivity contribution in [3.63, 3.8) is 0 Å². The van der Waals surface area contributed by atoms with Crippen LogP contribution in [0, 0.1) is 13.8 Å². The minimum atomic E-state index is 0.117. The fraction of sp³-hybridized carbons (Fsp3) is 0.583. The molecule has 1 N–H and O–H groups in total. The molecule has 3 rings (SSSR count). The van der Waals surface area contributed by atoms with Gasteiger partial charge >= 0.3 is 5.65 Å².